The number of nitrogens with zero attached hydrogens (tertiary/aromatic N) is 1. The summed E-state index contributed by atoms with van der Waals surface area (Å²) < 4.78 is 1.70. The molecule has 1 fully saturated rings. The van der Waals surface area contributed by atoms with Gasteiger partial charge in [0.2, 0.25) is 0 Å². The Hall–Kier alpha value is -0.360. The molecule has 5 heteroatoms. The van der Waals surface area contributed by atoms with Gasteiger partial charge in [-0.1, -0.05) is 21.5 Å². The molecule has 0 bridgehead atoms. The Morgan fingerprint density at radius 1 is 1.40 bits per heavy atom. The van der Waals surface area contributed by atoms with Crippen LogP contribution in [-0.2, 0) is 0 Å². The van der Waals surface area contributed by atoms with Crippen LogP contribution in [-0.4, -0.2) is 36.2 Å². The highest BCUT2D eigenvalue weighted by molar-refractivity contribution is 9.11. The second-order valence-corrected chi connectivity index (χ2v) is 7.06. The smallest absolute Gasteiger partial charge is 0.134 e. The molecule has 20 heavy (non-hydrogen) atoms. The summed E-state index contributed by atoms with van der Waals surface area (Å²) in [7, 11) is 0. The van der Waals surface area contributed by atoms with Crippen molar-refractivity contribution in [3.05, 3.63) is 38.8 Å². The lowest BCUT2D eigenvalue weighted by Gasteiger charge is -2.36. The van der Waals surface area contributed by atoms with E-state index in [9.17, 15) is 5.11 Å². The molecule has 0 amide bonds. The fourth-order valence-corrected chi connectivity index (χ4v) is 3.86. The van der Waals surface area contributed by atoms with E-state index in [1.165, 1.54) is 0 Å². The van der Waals surface area contributed by atoms with Crippen LogP contribution in [0.1, 0.15) is 24.9 Å². The molecule has 110 valence electrons. The summed E-state index contributed by atoms with van der Waals surface area (Å²) in [6.07, 6.45) is 0.858. The first-order valence-corrected chi connectivity index (χ1v) is 8.34. The summed E-state index contributed by atoms with van der Waals surface area (Å²) >= 11 is 6.93. The number of hydrogen-bond donors (Lipinski definition) is 2. The monoisotopic (exact) mass is 402 g/mol. The standard InChI is InChI=1S/C15H20Br2N2O/c1-10(2)7-14(19-5-3-18-4-6-19)12-8-11(16)9-13(17)15(12)20/h8-9,14,18,20H,1,3-7H2,2H3/t14-/m0/s1. The van der Waals surface area contributed by atoms with Crippen molar-refractivity contribution < 1.29 is 5.11 Å². The first kappa shape index (κ1) is 16.0. The molecule has 1 atom stereocenters. The van der Waals surface area contributed by atoms with E-state index in [0.29, 0.717) is 5.75 Å². The number of aromatic hydroxyl groups is 1. The highest BCUT2D eigenvalue weighted by Crippen LogP contribution is 2.39. The molecule has 1 aliphatic heterocycles. The van der Waals surface area contributed by atoms with Crippen LogP contribution in [0.2, 0.25) is 0 Å². The van der Waals surface area contributed by atoms with Crippen LogP contribution in [0.25, 0.3) is 0 Å². The van der Waals surface area contributed by atoms with Gasteiger partial charge >= 0.3 is 0 Å². The minimum atomic E-state index is 0.170. The molecule has 0 aromatic heterocycles. The maximum absolute atomic E-state index is 10.4. The number of rotatable bonds is 4. The molecular formula is C15H20Br2N2O. The van der Waals surface area contributed by atoms with Gasteiger partial charge in [-0.25, -0.2) is 0 Å². The van der Waals surface area contributed by atoms with E-state index in [-0.39, 0.29) is 6.04 Å². The van der Waals surface area contributed by atoms with Crippen molar-refractivity contribution in [1.82, 2.24) is 10.2 Å². The number of hydrogen-bond acceptors (Lipinski definition) is 3. The largest absolute Gasteiger partial charge is 0.506 e. The fourth-order valence-electron chi connectivity index (χ4n) is 2.60. The van der Waals surface area contributed by atoms with Crippen molar-refractivity contribution in [1.29, 1.82) is 0 Å². The lowest BCUT2D eigenvalue weighted by atomic mass is 9.97. The number of phenolic OH excluding ortho intramolecular Hbond substituents is 1. The number of piperazine rings is 1. The Bertz CT molecular complexity index is 499. The zero-order valence-electron chi connectivity index (χ0n) is 11.6. The zero-order chi connectivity index (χ0) is 14.7. The van der Waals surface area contributed by atoms with Crippen LogP contribution in [0.4, 0.5) is 0 Å². The van der Waals surface area contributed by atoms with Crippen LogP contribution in [0, 0.1) is 0 Å². The lowest BCUT2D eigenvalue weighted by Crippen LogP contribution is -2.45. The van der Waals surface area contributed by atoms with Crippen molar-refractivity contribution in [3.63, 3.8) is 0 Å². The molecule has 1 aliphatic rings. The molecule has 1 aromatic rings. The van der Waals surface area contributed by atoms with Crippen LogP contribution >= 0.6 is 31.9 Å². The van der Waals surface area contributed by atoms with Gasteiger partial charge in [0.05, 0.1) is 4.47 Å². The van der Waals surface area contributed by atoms with Crippen molar-refractivity contribution in [2.75, 3.05) is 26.2 Å². The van der Waals surface area contributed by atoms with E-state index in [1.807, 2.05) is 19.1 Å². The molecule has 1 aromatic carbocycles. The van der Waals surface area contributed by atoms with E-state index in [2.05, 4.69) is 48.7 Å². The van der Waals surface area contributed by atoms with Gasteiger partial charge in [0.1, 0.15) is 5.75 Å². The Morgan fingerprint density at radius 2 is 2.05 bits per heavy atom. The molecule has 0 saturated carbocycles. The quantitative estimate of drug-likeness (QED) is 0.750. The van der Waals surface area contributed by atoms with Gasteiger partial charge in [-0.15, -0.1) is 6.58 Å². The maximum atomic E-state index is 10.4. The Kier molecular flexibility index (Phi) is 5.66. The number of phenols is 1. The molecule has 0 aliphatic carbocycles. The number of nitrogens with one attached hydrogen (secondary N) is 1. The summed E-state index contributed by atoms with van der Waals surface area (Å²) in [4.78, 5) is 2.42. The third-order valence-corrected chi connectivity index (χ3v) is 4.61. The van der Waals surface area contributed by atoms with Crippen LogP contribution in [0.5, 0.6) is 5.75 Å². The predicted molar refractivity (Wildman–Crippen MR) is 90.1 cm³/mol. The molecule has 0 spiro atoms. The molecule has 3 nitrogen and oxygen atoms in total. The van der Waals surface area contributed by atoms with Crippen molar-refractivity contribution in [2.45, 2.75) is 19.4 Å². The van der Waals surface area contributed by atoms with Crippen molar-refractivity contribution in [2.24, 2.45) is 0 Å². The molecule has 0 radical (unpaired) electrons. The molecular weight excluding hydrogens is 384 g/mol. The number of halogens is 2. The summed E-state index contributed by atoms with van der Waals surface area (Å²) in [5.74, 6) is 0.331. The van der Waals surface area contributed by atoms with Gasteiger partial charge in [-0.3, -0.25) is 4.90 Å². The third-order valence-electron chi connectivity index (χ3n) is 3.55. The molecule has 1 saturated heterocycles. The van der Waals surface area contributed by atoms with E-state index in [1.54, 1.807) is 0 Å². The SMILES string of the molecule is C=C(C)C[C@@H](c1cc(Br)cc(Br)c1O)N1CCNCC1. The minimum Gasteiger partial charge on any atom is -0.506 e. The second kappa shape index (κ2) is 7.07. The highest BCUT2D eigenvalue weighted by Gasteiger charge is 2.25. The van der Waals surface area contributed by atoms with Crippen molar-refractivity contribution in [3.8, 4) is 5.75 Å². The highest BCUT2D eigenvalue weighted by atomic mass is 79.9. The maximum Gasteiger partial charge on any atom is 0.134 e. The normalized spacial score (nSPS) is 17.9. The molecule has 1 heterocycles. The van der Waals surface area contributed by atoms with Gasteiger partial charge in [0.25, 0.3) is 0 Å². The van der Waals surface area contributed by atoms with Gasteiger partial charge < -0.3 is 10.4 Å². The van der Waals surface area contributed by atoms with E-state index in [4.69, 9.17) is 0 Å². The van der Waals surface area contributed by atoms with Crippen LogP contribution in [0.15, 0.2) is 33.2 Å². The Balaban J connectivity index is 2.37. The molecule has 2 N–H and O–H groups in total. The first-order chi connectivity index (χ1) is 9.49. The van der Waals surface area contributed by atoms with Gasteiger partial charge in [0, 0.05) is 42.3 Å². The van der Waals surface area contributed by atoms with Gasteiger partial charge in [-0.2, -0.15) is 0 Å². The average molecular weight is 404 g/mol. The van der Waals surface area contributed by atoms with Crippen LogP contribution in [0.3, 0.4) is 0 Å². The van der Waals surface area contributed by atoms with Gasteiger partial charge in [0.15, 0.2) is 0 Å². The zero-order valence-corrected chi connectivity index (χ0v) is 14.8. The van der Waals surface area contributed by atoms with Gasteiger partial charge in [-0.05, 0) is 41.4 Å². The summed E-state index contributed by atoms with van der Waals surface area (Å²) in [6, 6.07) is 4.05. The first-order valence-electron chi connectivity index (χ1n) is 6.76. The van der Waals surface area contributed by atoms with Crippen molar-refractivity contribution >= 4 is 31.9 Å². The summed E-state index contributed by atoms with van der Waals surface area (Å²) in [6.45, 7) is 10.0. The molecule has 2 rings (SSSR count). The Morgan fingerprint density at radius 3 is 2.65 bits per heavy atom. The summed E-state index contributed by atoms with van der Waals surface area (Å²) in [5.41, 5.74) is 2.08. The fraction of sp³-hybridized carbons (Fsp3) is 0.467. The number of benzene rings is 1. The Labute approximate surface area is 137 Å². The summed E-state index contributed by atoms with van der Waals surface area (Å²) in [5, 5.41) is 13.8. The molecule has 0 unspecified atom stereocenters. The lowest BCUT2D eigenvalue weighted by molar-refractivity contribution is 0.169. The van der Waals surface area contributed by atoms with Crippen LogP contribution < -0.4 is 5.32 Å². The van der Waals surface area contributed by atoms with E-state index in [0.717, 1.165) is 52.7 Å². The van der Waals surface area contributed by atoms with E-state index >= 15 is 0 Å². The predicted octanol–water partition coefficient (Wildman–Crippen LogP) is 3.83. The van der Waals surface area contributed by atoms with E-state index < -0.39 is 0 Å². The second-order valence-electron chi connectivity index (χ2n) is 5.29. The minimum absolute atomic E-state index is 0.170. The average Bonchev–Trinajstić information content (AvgIpc) is 2.41. The topological polar surface area (TPSA) is 35.5 Å². The third kappa shape index (κ3) is 3.85.